The highest BCUT2D eigenvalue weighted by molar-refractivity contribution is 6.29. The molecule has 5 nitrogen and oxygen atoms in total. The third-order valence-electron chi connectivity index (χ3n) is 3.89. The van der Waals surface area contributed by atoms with Gasteiger partial charge in [0.2, 0.25) is 11.1 Å². The van der Waals surface area contributed by atoms with Crippen molar-refractivity contribution in [3.63, 3.8) is 0 Å². The fourth-order valence-electron chi connectivity index (χ4n) is 2.63. The SMILES string of the molecule is Cc1noc(Cl)c1CC(=O)NCCCc1c[nH]c2ccccc12. The number of carbonyl (C=O) groups excluding carboxylic acids is 1. The summed E-state index contributed by atoms with van der Waals surface area (Å²) in [5.74, 6) is -0.0721. The topological polar surface area (TPSA) is 70.9 Å². The minimum absolute atomic E-state index is 0.0721. The molecule has 1 amide bonds. The second-order valence-electron chi connectivity index (χ2n) is 5.51. The summed E-state index contributed by atoms with van der Waals surface area (Å²) in [6, 6.07) is 8.22. The summed E-state index contributed by atoms with van der Waals surface area (Å²) in [5, 5.41) is 8.08. The first-order valence-electron chi connectivity index (χ1n) is 7.57. The number of H-pyrrole nitrogens is 1. The highest BCUT2D eigenvalue weighted by Gasteiger charge is 2.14. The number of aromatic amines is 1. The monoisotopic (exact) mass is 331 g/mol. The summed E-state index contributed by atoms with van der Waals surface area (Å²) in [4.78, 5) is 15.2. The van der Waals surface area contributed by atoms with Crippen molar-refractivity contribution in [2.45, 2.75) is 26.2 Å². The van der Waals surface area contributed by atoms with Crippen molar-refractivity contribution in [1.82, 2.24) is 15.5 Å². The van der Waals surface area contributed by atoms with E-state index in [4.69, 9.17) is 16.1 Å². The number of fused-ring (bicyclic) bond motifs is 1. The lowest BCUT2D eigenvalue weighted by Gasteiger charge is -2.04. The molecule has 0 aliphatic heterocycles. The number of nitrogens with one attached hydrogen (secondary N) is 2. The predicted molar refractivity (Wildman–Crippen MR) is 89.6 cm³/mol. The standard InChI is InChI=1S/C17H18ClN3O2/c1-11-14(17(18)23-21-11)9-16(22)19-8-4-5-12-10-20-15-7-3-2-6-13(12)15/h2-3,6-7,10,20H,4-5,8-9H2,1H3,(H,19,22). The van der Waals surface area contributed by atoms with Gasteiger partial charge in [0.05, 0.1) is 12.1 Å². The van der Waals surface area contributed by atoms with Crippen molar-refractivity contribution in [3.8, 4) is 0 Å². The summed E-state index contributed by atoms with van der Waals surface area (Å²) in [6.45, 7) is 2.40. The van der Waals surface area contributed by atoms with Crippen LogP contribution in [0.3, 0.4) is 0 Å². The quantitative estimate of drug-likeness (QED) is 0.680. The van der Waals surface area contributed by atoms with Gasteiger partial charge < -0.3 is 14.8 Å². The molecule has 0 spiro atoms. The molecule has 0 unspecified atom stereocenters. The number of amides is 1. The van der Waals surface area contributed by atoms with Crippen LogP contribution in [0.15, 0.2) is 35.0 Å². The minimum Gasteiger partial charge on any atom is -0.361 e. The first-order chi connectivity index (χ1) is 11.1. The number of hydrogen-bond acceptors (Lipinski definition) is 3. The Kier molecular flexibility index (Phi) is 4.67. The molecule has 6 heteroatoms. The van der Waals surface area contributed by atoms with E-state index in [1.54, 1.807) is 6.92 Å². The summed E-state index contributed by atoms with van der Waals surface area (Å²) < 4.78 is 4.84. The largest absolute Gasteiger partial charge is 0.361 e. The lowest BCUT2D eigenvalue weighted by molar-refractivity contribution is -0.120. The lowest BCUT2D eigenvalue weighted by atomic mass is 10.1. The molecule has 0 fully saturated rings. The van der Waals surface area contributed by atoms with E-state index in [1.807, 2.05) is 18.3 Å². The van der Waals surface area contributed by atoms with Crippen molar-refractivity contribution in [2.75, 3.05) is 6.54 Å². The molecular formula is C17H18ClN3O2. The number of benzene rings is 1. The fourth-order valence-corrected chi connectivity index (χ4v) is 2.86. The normalized spacial score (nSPS) is 11.0. The zero-order valence-electron chi connectivity index (χ0n) is 12.9. The highest BCUT2D eigenvalue weighted by atomic mass is 35.5. The molecule has 23 heavy (non-hydrogen) atoms. The smallest absolute Gasteiger partial charge is 0.229 e. The van der Waals surface area contributed by atoms with Gasteiger partial charge in [0.15, 0.2) is 0 Å². The Morgan fingerprint density at radius 2 is 2.22 bits per heavy atom. The van der Waals surface area contributed by atoms with Gasteiger partial charge in [-0.05, 0) is 43.0 Å². The molecule has 2 aromatic heterocycles. The van der Waals surface area contributed by atoms with E-state index in [1.165, 1.54) is 10.9 Å². The Labute approximate surface area is 139 Å². The fraction of sp³-hybridized carbons (Fsp3) is 0.294. The molecule has 0 saturated heterocycles. The summed E-state index contributed by atoms with van der Waals surface area (Å²) in [6.07, 6.45) is 4.02. The van der Waals surface area contributed by atoms with Crippen molar-refractivity contribution in [1.29, 1.82) is 0 Å². The van der Waals surface area contributed by atoms with Gasteiger partial charge in [-0.2, -0.15) is 0 Å². The molecule has 120 valence electrons. The maximum atomic E-state index is 11.9. The van der Waals surface area contributed by atoms with Crippen molar-refractivity contribution >= 4 is 28.4 Å². The molecule has 2 heterocycles. The molecule has 1 aromatic carbocycles. The van der Waals surface area contributed by atoms with Crippen LogP contribution in [0, 0.1) is 6.92 Å². The molecule has 0 saturated carbocycles. The van der Waals surface area contributed by atoms with Gasteiger partial charge in [0.1, 0.15) is 0 Å². The van der Waals surface area contributed by atoms with E-state index in [9.17, 15) is 4.79 Å². The molecular weight excluding hydrogens is 314 g/mol. The second-order valence-corrected chi connectivity index (χ2v) is 5.85. The van der Waals surface area contributed by atoms with Crippen LogP contribution in [-0.2, 0) is 17.6 Å². The van der Waals surface area contributed by atoms with E-state index >= 15 is 0 Å². The Balaban J connectivity index is 1.47. The second kappa shape index (κ2) is 6.87. The van der Waals surface area contributed by atoms with E-state index in [0.717, 1.165) is 18.4 Å². The maximum absolute atomic E-state index is 11.9. The molecule has 2 N–H and O–H groups in total. The number of rotatable bonds is 6. The van der Waals surface area contributed by atoms with Gasteiger partial charge in [-0.25, -0.2) is 0 Å². The van der Waals surface area contributed by atoms with E-state index < -0.39 is 0 Å². The molecule has 3 rings (SSSR count). The lowest BCUT2D eigenvalue weighted by Crippen LogP contribution is -2.26. The Morgan fingerprint density at radius 1 is 1.39 bits per heavy atom. The summed E-state index contributed by atoms with van der Waals surface area (Å²) in [7, 11) is 0. The number of aromatic nitrogens is 2. The molecule has 0 atom stereocenters. The first kappa shape index (κ1) is 15.6. The van der Waals surface area contributed by atoms with Gasteiger partial charge in [-0.1, -0.05) is 23.4 Å². The molecule has 0 bridgehead atoms. The van der Waals surface area contributed by atoms with Gasteiger partial charge in [0.25, 0.3) is 0 Å². The van der Waals surface area contributed by atoms with Crippen LogP contribution >= 0.6 is 11.6 Å². The van der Waals surface area contributed by atoms with Crippen LogP contribution in [0.2, 0.25) is 5.22 Å². The van der Waals surface area contributed by atoms with Crippen LogP contribution in [0.4, 0.5) is 0 Å². The summed E-state index contributed by atoms with van der Waals surface area (Å²) in [5.41, 5.74) is 3.72. The molecule has 0 radical (unpaired) electrons. The number of halogens is 1. The molecule has 0 aliphatic rings. The first-order valence-corrected chi connectivity index (χ1v) is 7.95. The van der Waals surface area contributed by atoms with Crippen LogP contribution in [0.25, 0.3) is 10.9 Å². The zero-order valence-corrected chi connectivity index (χ0v) is 13.6. The van der Waals surface area contributed by atoms with Crippen molar-refractivity contribution < 1.29 is 9.32 Å². The van der Waals surface area contributed by atoms with Gasteiger partial charge in [-0.15, -0.1) is 0 Å². The Morgan fingerprint density at radius 3 is 3.00 bits per heavy atom. The Bertz CT molecular complexity index is 803. The van der Waals surface area contributed by atoms with Gasteiger partial charge in [-0.3, -0.25) is 4.79 Å². The number of aryl methyl sites for hydroxylation is 2. The minimum atomic E-state index is -0.0721. The molecule has 0 aliphatic carbocycles. The van der Waals surface area contributed by atoms with Crippen molar-refractivity contribution in [3.05, 3.63) is 52.5 Å². The number of hydrogen-bond donors (Lipinski definition) is 2. The third-order valence-corrected chi connectivity index (χ3v) is 4.19. The average Bonchev–Trinajstić information content (AvgIpc) is 3.10. The van der Waals surface area contributed by atoms with Gasteiger partial charge in [0, 0.05) is 29.2 Å². The zero-order chi connectivity index (χ0) is 16.2. The average molecular weight is 332 g/mol. The van der Waals surface area contributed by atoms with Crippen LogP contribution in [-0.4, -0.2) is 22.6 Å². The van der Waals surface area contributed by atoms with Crippen LogP contribution in [0.1, 0.15) is 23.2 Å². The number of para-hydroxylation sites is 1. The highest BCUT2D eigenvalue weighted by Crippen LogP contribution is 2.20. The summed E-state index contributed by atoms with van der Waals surface area (Å²) >= 11 is 5.86. The maximum Gasteiger partial charge on any atom is 0.229 e. The van der Waals surface area contributed by atoms with E-state index in [-0.39, 0.29) is 17.5 Å². The number of carbonyl (C=O) groups is 1. The number of nitrogens with zero attached hydrogens (tertiary/aromatic N) is 1. The molecule has 3 aromatic rings. The third kappa shape index (κ3) is 3.56. The van der Waals surface area contributed by atoms with Crippen LogP contribution in [0.5, 0.6) is 0 Å². The van der Waals surface area contributed by atoms with Gasteiger partial charge >= 0.3 is 0 Å². The van der Waals surface area contributed by atoms with E-state index in [2.05, 4.69) is 27.6 Å². The predicted octanol–water partition coefficient (Wildman–Crippen LogP) is 3.41. The van der Waals surface area contributed by atoms with E-state index in [0.29, 0.717) is 17.8 Å². The van der Waals surface area contributed by atoms with Crippen molar-refractivity contribution in [2.24, 2.45) is 0 Å². The Hall–Kier alpha value is -2.27. The van der Waals surface area contributed by atoms with Crippen LogP contribution < -0.4 is 5.32 Å².